The third-order valence-corrected chi connectivity index (χ3v) is 5.22. The van der Waals surface area contributed by atoms with E-state index in [1.165, 1.54) is 18.5 Å². The Labute approximate surface area is 113 Å². The molecule has 1 heterocycles. The van der Waals surface area contributed by atoms with Crippen LogP contribution in [0.3, 0.4) is 0 Å². The zero-order chi connectivity index (χ0) is 12.5. The molecular weight excluding hydrogens is 276 g/mol. The summed E-state index contributed by atoms with van der Waals surface area (Å²) in [7, 11) is 0. The first-order valence-electron chi connectivity index (χ1n) is 6.79. The lowest BCUT2D eigenvalue weighted by atomic mass is 9.97. The van der Waals surface area contributed by atoms with E-state index in [0.717, 1.165) is 19.3 Å². The number of nitrogens with zero attached hydrogens (tertiary/aromatic N) is 2. The zero-order valence-electron chi connectivity index (χ0n) is 11.1. The minimum atomic E-state index is 0.493. The zero-order valence-corrected chi connectivity index (χ0v) is 12.7. The van der Waals surface area contributed by atoms with Gasteiger partial charge in [-0.3, -0.25) is 4.68 Å². The van der Waals surface area contributed by atoms with Gasteiger partial charge in [-0.1, -0.05) is 36.7 Å². The molecule has 0 bridgehead atoms. The van der Waals surface area contributed by atoms with Gasteiger partial charge in [-0.25, -0.2) is 0 Å². The van der Waals surface area contributed by atoms with Crippen molar-refractivity contribution in [1.82, 2.24) is 9.78 Å². The lowest BCUT2D eigenvalue weighted by molar-refractivity contribution is 0.419. The lowest BCUT2D eigenvalue weighted by Crippen LogP contribution is -2.16. The Morgan fingerprint density at radius 1 is 1.41 bits per heavy atom. The highest BCUT2D eigenvalue weighted by molar-refractivity contribution is 9.09. The molecule has 1 aromatic heterocycles. The summed E-state index contributed by atoms with van der Waals surface area (Å²) < 4.78 is 2.16. The number of hydrogen-bond acceptors (Lipinski definition) is 1. The highest BCUT2D eigenvalue weighted by Crippen LogP contribution is 2.53. The molecule has 1 fully saturated rings. The molecule has 2 rings (SSSR count). The fourth-order valence-electron chi connectivity index (χ4n) is 2.57. The standard InChI is InChI=1S/C14H23BrN2/c1-4-13(5-2)17-9-6-12(16-17)10-14(7-8-14)11(3)15/h6,9,11,13H,4-5,7-8,10H2,1-3H3. The van der Waals surface area contributed by atoms with Gasteiger partial charge in [-0.15, -0.1) is 0 Å². The summed E-state index contributed by atoms with van der Waals surface area (Å²) >= 11 is 3.74. The van der Waals surface area contributed by atoms with Crippen molar-refractivity contribution in [3.63, 3.8) is 0 Å². The van der Waals surface area contributed by atoms with Crippen LogP contribution in [-0.4, -0.2) is 14.6 Å². The number of hydrogen-bond donors (Lipinski definition) is 0. The van der Waals surface area contributed by atoms with E-state index in [1.807, 2.05) is 0 Å². The lowest BCUT2D eigenvalue weighted by Gasteiger charge is -2.17. The number of rotatable bonds is 6. The van der Waals surface area contributed by atoms with Crippen molar-refractivity contribution in [1.29, 1.82) is 0 Å². The van der Waals surface area contributed by atoms with E-state index in [9.17, 15) is 0 Å². The number of aromatic nitrogens is 2. The fourth-order valence-corrected chi connectivity index (χ4v) is 3.19. The topological polar surface area (TPSA) is 17.8 Å². The van der Waals surface area contributed by atoms with Gasteiger partial charge in [0.25, 0.3) is 0 Å². The van der Waals surface area contributed by atoms with Crippen LogP contribution in [-0.2, 0) is 6.42 Å². The molecule has 0 radical (unpaired) electrons. The van der Waals surface area contributed by atoms with Crippen molar-refractivity contribution in [2.75, 3.05) is 0 Å². The van der Waals surface area contributed by atoms with E-state index in [4.69, 9.17) is 5.10 Å². The van der Waals surface area contributed by atoms with E-state index in [0.29, 0.717) is 16.3 Å². The molecule has 17 heavy (non-hydrogen) atoms. The quantitative estimate of drug-likeness (QED) is 0.714. The van der Waals surface area contributed by atoms with Crippen molar-refractivity contribution in [3.05, 3.63) is 18.0 Å². The maximum absolute atomic E-state index is 4.76. The van der Waals surface area contributed by atoms with Crippen LogP contribution < -0.4 is 0 Å². The molecule has 1 unspecified atom stereocenters. The van der Waals surface area contributed by atoms with Crippen molar-refractivity contribution in [2.45, 2.75) is 63.7 Å². The van der Waals surface area contributed by atoms with Crippen LogP contribution in [0, 0.1) is 5.41 Å². The summed E-state index contributed by atoms with van der Waals surface area (Å²) in [5.74, 6) is 0. The molecule has 1 aliphatic rings. The summed E-state index contributed by atoms with van der Waals surface area (Å²) in [4.78, 5) is 0.605. The Morgan fingerprint density at radius 3 is 2.53 bits per heavy atom. The Bertz CT molecular complexity index is 362. The molecule has 1 atom stereocenters. The maximum Gasteiger partial charge on any atom is 0.0630 e. The van der Waals surface area contributed by atoms with Gasteiger partial charge in [-0.2, -0.15) is 5.10 Å². The van der Waals surface area contributed by atoms with Gasteiger partial charge in [0, 0.05) is 11.0 Å². The Balaban J connectivity index is 2.04. The molecule has 1 aliphatic carbocycles. The van der Waals surface area contributed by atoms with Gasteiger partial charge in [-0.05, 0) is 43.6 Å². The van der Waals surface area contributed by atoms with Gasteiger partial charge in [0.1, 0.15) is 0 Å². The minimum Gasteiger partial charge on any atom is -0.269 e. The fraction of sp³-hybridized carbons (Fsp3) is 0.786. The third kappa shape index (κ3) is 2.75. The molecule has 0 saturated heterocycles. The summed E-state index contributed by atoms with van der Waals surface area (Å²) in [5.41, 5.74) is 1.76. The normalized spacial score (nSPS) is 19.6. The molecule has 1 saturated carbocycles. The molecule has 0 spiro atoms. The second-order valence-electron chi connectivity index (χ2n) is 5.41. The molecular formula is C14H23BrN2. The molecule has 0 aromatic carbocycles. The van der Waals surface area contributed by atoms with Crippen molar-refractivity contribution in [3.8, 4) is 0 Å². The van der Waals surface area contributed by atoms with E-state index in [2.05, 4.69) is 53.6 Å². The van der Waals surface area contributed by atoms with Crippen molar-refractivity contribution >= 4 is 15.9 Å². The average molecular weight is 299 g/mol. The Kier molecular flexibility index (Phi) is 3.96. The van der Waals surface area contributed by atoms with Gasteiger partial charge in [0.15, 0.2) is 0 Å². The Morgan fingerprint density at radius 2 is 2.06 bits per heavy atom. The van der Waals surface area contributed by atoms with Crippen molar-refractivity contribution in [2.24, 2.45) is 5.41 Å². The van der Waals surface area contributed by atoms with Crippen molar-refractivity contribution < 1.29 is 0 Å². The first kappa shape index (κ1) is 13.1. The number of alkyl halides is 1. The van der Waals surface area contributed by atoms with E-state index < -0.39 is 0 Å². The monoisotopic (exact) mass is 298 g/mol. The largest absolute Gasteiger partial charge is 0.269 e. The second kappa shape index (κ2) is 5.13. The first-order valence-corrected chi connectivity index (χ1v) is 7.71. The summed E-state index contributed by atoms with van der Waals surface area (Å²) in [5, 5.41) is 4.76. The number of halogens is 1. The van der Waals surface area contributed by atoms with E-state index in [-0.39, 0.29) is 0 Å². The molecule has 3 heteroatoms. The van der Waals surface area contributed by atoms with Gasteiger partial charge < -0.3 is 0 Å². The van der Waals surface area contributed by atoms with Crippen LogP contribution in [0.15, 0.2) is 12.3 Å². The highest BCUT2D eigenvalue weighted by atomic mass is 79.9. The highest BCUT2D eigenvalue weighted by Gasteiger charge is 2.46. The molecule has 2 nitrogen and oxygen atoms in total. The smallest absolute Gasteiger partial charge is 0.0630 e. The third-order valence-electron chi connectivity index (χ3n) is 4.25. The summed E-state index contributed by atoms with van der Waals surface area (Å²) in [6, 6.07) is 2.77. The van der Waals surface area contributed by atoms with Crippen LogP contribution in [0.5, 0.6) is 0 Å². The Hall–Kier alpha value is -0.310. The average Bonchev–Trinajstić information content (AvgIpc) is 2.94. The van der Waals surface area contributed by atoms with Crippen LogP contribution in [0.25, 0.3) is 0 Å². The minimum absolute atomic E-state index is 0.493. The molecule has 96 valence electrons. The maximum atomic E-state index is 4.76. The van der Waals surface area contributed by atoms with E-state index >= 15 is 0 Å². The SMILES string of the molecule is CCC(CC)n1ccc(CC2(C(C)Br)CC2)n1. The first-order chi connectivity index (χ1) is 8.11. The summed E-state index contributed by atoms with van der Waals surface area (Å²) in [6.45, 7) is 6.74. The molecule has 0 N–H and O–H groups in total. The predicted octanol–water partition coefficient (Wildman–Crippen LogP) is 4.35. The van der Waals surface area contributed by atoms with Crippen LogP contribution >= 0.6 is 15.9 Å². The van der Waals surface area contributed by atoms with Gasteiger partial charge in [0.2, 0.25) is 0 Å². The van der Waals surface area contributed by atoms with Crippen LogP contribution in [0.1, 0.15) is 58.2 Å². The molecule has 1 aromatic rings. The molecule has 0 aliphatic heterocycles. The predicted molar refractivity (Wildman–Crippen MR) is 75.6 cm³/mol. The molecule has 0 amide bonds. The van der Waals surface area contributed by atoms with Crippen LogP contribution in [0.4, 0.5) is 0 Å². The second-order valence-corrected chi connectivity index (χ2v) is 6.79. The van der Waals surface area contributed by atoms with Gasteiger partial charge in [0.05, 0.1) is 11.7 Å². The van der Waals surface area contributed by atoms with Gasteiger partial charge >= 0.3 is 0 Å². The van der Waals surface area contributed by atoms with Crippen LogP contribution in [0.2, 0.25) is 0 Å². The summed E-state index contributed by atoms with van der Waals surface area (Å²) in [6.07, 6.45) is 8.30. The van der Waals surface area contributed by atoms with E-state index in [1.54, 1.807) is 0 Å².